The van der Waals surface area contributed by atoms with Gasteiger partial charge in [0.25, 0.3) is 0 Å². The highest BCUT2D eigenvalue weighted by Gasteiger charge is 2.26. The molecule has 0 aliphatic heterocycles. The Bertz CT molecular complexity index is 434. The SMILES string of the molecule is CC(C)(C)OC(=O)NC1CCC(c2cccnn2)CC1. The maximum Gasteiger partial charge on any atom is 0.407 e. The first-order chi connectivity index (χ1) is 9.44. The van der Waals surface area contributed by atoms with Crippen LogP contribution in [0.4, 0.5) is 4.79 Å². The molecule has 1 saturated carbocycles. The van der Waals surface area contributed by atoms with Crippen molar-refractivity contribution in [1.29, 1.82) is 0 Å². The van der Waals surface area contributed by atoms with Gasteiger partial charge in [0.15, 0.2) is 0 Å². The molecule has 0 spiro atoms. The summed E-state index contributed by atoms with van der Waals surface area (Å²) in [5.41, 5.74) is 0.615. The number of alkyl carbamates (subject to hydrolysis) is 1. The van der Waals surface area contributed by atoms with E-state index < -0.39 is 5.60 Å². The Hall–Kier alpha value is -1.65. The molecule has 1 aliphatic carbocycles. The molecule has 20 heavy (non-hydrogen) atoms. The first kappa shape index (κ1) is 14.8. The minimum atomic E-state index is -0.444. The van der Waals surface area contributed by atoms with Gasteiger partial charge in [-0.1, -0.05) is 0 Å². The molecule has 110 valence electrons. The summed E-state index contributed by atoms with van der Waals surface area (Å²) in [7, 11) is 0. The second kappa shape index (κ2) is 6.20. The molecule has 1 heterocycles. The standard InChI is InChI=1S/C15H23N3O2/c1-15(2,3)20-14(19)17-12-8-6-11(7-9-12)13-5-4-10-16-18-13/h4-5,10-12H,6-9H2,1-3H3,(H,17,19). The molecule has 1 N–H and O–H groups in total. The van der Waals surface area contributed by atoms with E-state index in [1.165, 1.54) is 0 Å². The minimum Gasteiger partial charge on any atom is -0.444 e. The topological polar surface area (TPSA) is 64.1 Å². The molecule has 1 fully saturated rings. The number of ether oxygens (including phenoxy) is 1. The third-order valence-corrected chi connectivity index (χ3v) is 3.46. The lowest BCUT2D eigenvalue weighted by Crippen LogP contribution is -2.40. The van der Waals surface area contributed by atoms with Crippen molar-refractivity contribution in [2.75, 3.05) is 0 Å². The molecular formula is C15H23N3O2. The predicted octanol–water partition coefficient (Wildman–Crippen LogP) is 3.03. The van der Waals surface area contributed by atoms with E-state index in [-0.39, 0.29) is 12.1 Å². The van der Waals surface area contributed by atoms with Gasteiger partial charge >= 0.3 is 6.09 Å². The quantitative estimate of drug-likeness (QED) is 0.902. The molecule has 0 aromatic carbocycles. The number of nitrogens with one attached hydrogen (secondary N) is 1. The van der Waals surface area contributed by atoms with Crippen LogP contribution < -0.4 is 5.32 Å². The Labute approximate surface area is 120 Å². The van der Waals surface area contributed by atoms with Gasteiger partial charge in [0, 0.05) is 18.2 Å². The van der Waals surface area contributed by atoms with E-state index in [1.807, 2.05) is 32.9 Å². The lowest BCUT2D eigenvalue weighted by atomic mass is 9.84. The van der Waals surface area contributed by atoms with Crippen molar-refractivity contribution in [3.05, 3.63) is 24.0 Å². The second-order valence-corrected chi connectivity index (χ2v) is 6.34. The summed E-state index contributed by atoms with van der Waals surface area (Å²) in [4.78, 5) is 11.7. The second-order valence-electron chi connectivity index (χ2n) is 6.34. The molecule has 5 heteroatoms. The van der Waals surface area contributed by atoms with Gasteiger partial charge < -0.3 is 10.1 Å². The van der Waals surface area contributed by atoms with Crippen molar-refractivity contribution in [2.24, 2.45) is 0 Å². The van der Waals surface area contributed by atoms with Crippen LogP contribution in [0.25, 0.3) is 0 Å². The van der Waals surface area contributed by atoms with Crippen molar-refractivity contribution in [3.8, 4) is 0 Å². The average Bonchev–Trinajstić information content (AvgIpc) is 2.38. The average molecular weight is 277 g/mol. The Morgan fingerprint density at radius 1 is 1.30 bits per heavy atom. The molecule has 0 atom stereocenters. The summed E-state index contributed by atoms with van der Waals surface area (Å²) in [5, 5.41) is 11.1. The highest BCUT2D eigenvalue weighted by molar-refractivity contribution is 5.68. The summed E-state index contributed by atoms with van der Waals surface area (Å²) >= 11 is 0. The highest BCUT2D eigenvalue weighted by Crippen LogP contribution is 2.31. The van der Waals surface area contributed by atoms with Gasteiger partial charge in [-0.25, -0.2) is 4.79 Å². The molecule has 1 aromatic heterocycles. The summed E-state index contributed by atoms with van der Waals surface area (Å²) in [6.07, 6.45) is 5.35. The normalized spacial score (nSPS) is 23.1. The zero-order valence-electron chi connectivity index (χ0n) is 12.4. The van der Waals surface area contributed by atoms with Gasteiger partial charge in [0.2, 0.25) is 0 Å². The van der Waals surface area contributed by atoms with Gasteiger partial charge in [-0.3, -0.25) is 0 Å². The van der Waals surface area contributed by atoms with Crippen molar-refractivity contribution in [3.63, 3.8) is 0 Å². The van der Waals surface area contributed by atoms with Crippen LogP contribution in [0.15, 0.2) is 18.3 Å². The highest BCUT2D eigenvalue weighted by atomic mass is 16.6. The van der Waals surface area contributed by atoms with Crippen LogP contribution in [0.5, 0.6) is 0 Å². The molecule has 0 bridgehead atoms. The first-order valence-electron chi connectivity index (χ1n) is 7.21. The van der Waals surface area contributed by atoms with Crippen molar-refractivity contribution >= 4 is 6.09 Å². The number of carbonyl (C=O) groups is 1. The molecule has 0 radical (unpaired) electrons. The Kier molecular flexibility index (Phi) is 4.57. The fraction of sp³-hybridized carbons (Fsp3) is 0.667. The van der Waals surface area contributed by atoms with Crippen molar-refractivity contribution in [2.45, 2.75) is 64.0 Å². The van der Waals surface area contributed by atoms with E-state index in [9.17, 15) is 4.79 Å². The number of carbonyl (C=O) groups excluding carboxylic acids is 1. The zero-order chi connectivity index (χ0) is 14.6. The molecule has 1 aliphatic rings. The van der Waals surface area contributed by atoms with Crippen LogP contribution >= 0.6 is 0 Å². The number of amides is 1. The third kappa shape index (κ3) is 4.47. The van der Waals surface area contributed by atoms with E-state index in [4.69, 9.17) is 4.74 Å². The monoisotopic (exact) mass is 277 g/mol. The largest absolute Gasteiger partial charge is 0.444 e. The number of nitrogens with zero attached hydrogens (tertiary/aromatic N) is 2. The fourth-order valence-electron chi connectivity index (χ4n) is 2.54. The summed E-state index contributed by atoms with van der Waals surface area (Å²) in [5.74, 6) is 0.459. The fourth-order valence-corrected chi connectivity index (χ4v) is 2.54. The maximum absolute atomic E-state index is 11.7. The van der Waals surface area contributed by atoms with E-state index >= 15 is 0 Å². The smallest absolute Gasteiger partial charge is 0.407 e. The van der Waals surface area contributed by atoms with Crippen LogP contribution in [-0.2, 0) is 4.74 Å². The molecule has 1 amide bonds. The van der Waals surface area contributed by atoms with Gasteiger partial charge in [0.1, 0.15) is 5.60 Å². The molecule has 0 saturated heterocycles. The van der Waals surface area contributed by atoms with Crippen LogP contribution in [0.2, 0.25) is 0 Å². The molecular weight excluding hydrogens is 254 g/mol. The number of hydrogen-bond donors (Lipinski definition) is 1. The van der Waals surface area contributed by atoms with E-state index in [0.29, 0.717) is 5.92 Å². The summed E-state index contributed by atoms with van der Waals surface area (Å²) in [6, 6.07) is 4.16. The lowest BCUT2D eigenvalue weighted by molar-refractivity contribution is 0.0491. The molecule has 5 nitrogen and oxygen atoms in total. The van der Waals surface area contributed by atoms with Crippen LogP contribution in [0, 0.1) is 0 Å². The Morgan fingerprint density at radius 2 is 2.00 bits per heavy atom. The summed E-state index contributed by atoms with van der Waals surface area (Å²) < 4.78 is 5.28. The molecule has 2 rings (SSSR count). The van der Waals surface area contributed by atoms with Crippen LogP contribution in [0.3, 0.4) is 0 Å². The Balaban J connectivity index is 1.79. The molecule has 0 unspecified atom stereocenters. The number of aromatic nitrogens is 2. The maximum atomic E-state index is 11.7. The van der Waals surface area contributed by atoms with Gasteiger partial charge in [-0.15, -0.1) is 0 Å². The first-order valence-corrected chi connectivity index (χ1v) is 7.21. The van der Waals surface area contributed by atoms with E-state index in [0.717, 1.165) is 31.4 Å². The Morgan fingerprint density at radius 3 is 2.55 bits per heavy atom. The van der Waals surface area contributed by atoms with Crippen molar-refractivity contribution < 1.29 is 9.53 Å². The van der Waals surface area contributed by atoms with Gasteiger partial charge in [-0.2, -0.15) is 10.2 Å². The number of rotatable bonds is 2. The molecule has 1 aromatic rings. The van der Waals surface area contributed by atoms with E-state index in [2.05, 4.69) is 15.5 Å². The van der Waals surface area contributed by atoms with E-state index in [1.54, 1.807) is 6.20 Å². The summed E-state index contributed by atoms with van der Waals surface area (Å²) in [6.45, 7) is 5.62. The van der Waals surface area contributed by atoms with Gasteiger partial charge in [0.05, 0.1) is 5.69 Å². The predicted molar refractivity (Wildman–Crippen MR) is 76.4 cm³/mol. The number of hydrogen-bond acceptors (Lipinski definition) is 4. The lowest BCUT2D eigenvalue weighted by Gasteiger charge is -2.29. The van der Waals surface area contributed by atoms with Crippen molar-refractivity contribution in [1.82, 2.24) is 15.5 Å². The van der Waals surface area contributed by atoms with Crippen LogP contribution in [-0.4, -0.2) is 27.9 Å². The zero-order valence-corrected chi connectivity index (χ0v) is 12.4. The van der Waals surface area contributed by atoms with Gasteiger partial charge in [-0.05, 0) is 58.6 Å². The third-order valence-electron chi connectivity index (χ3n) is 3.46. The van der Waals surface area contributed by atoms with Crippen LogP contribution in [0.1, 0.15) is 58.1 Å². The minimum absolute atomic E-state index is 0.206.